The van der Waals surface area contributed by atoms with Gasteiger partial charge in [0.25, 0.3) is 5.91 Å². The first kappa shape index (κ1) is 22.0. The van der Waals surface area contributed by atoms with Gasteiger partial charge in [0, 0.05) is 5.56 Å². The molecule has 3 aromatic rings. The Labute approximate surface area is 196 Å². The van der Waals surface area contributed by atoms with E-state index in [1.54, 1.807) is 24.3 Å². The molecule has 0 aliphatic carbocycles. The molecule has 4 rings (SSSR count). The number of ether oxygens (including phenoxy) is 1. The fraction of sp³-hybridized carbons (Fsp3) is 0.115. The molecule has 1 heterocycles. The molecule has 0 N–H and O–H groups in total. The van der Waals surface area contributed by atoms with Gasteiger partial charge in [0.2, 0.25) is 0 Å². The predicted molar refractivity (Wildman–Crippen MR) is 134 cm³/mol. The third-order valence-corrected chi connectivity index (χ3v) is 6.33. The molecule has 1 aliphatic heterocycles. The van der Waals surface area contributed by atoms with Crippen molar-refractivity contribution in [1.29, 1.82) is 0 Å². The number of hydrogen-bond donors (Lipinski definition) is 0. The fourth-order valence-corrected chi connectivity index (χ4v) is 4.50. The Morgan fingerprint density at radius 3 is 2.28 bits per heavy atom. The summed E-state index contributed by atoms with van der Waals surface area (Å²) in [5.74, 6) is 0.573. The Morgan fingerprint density at radius 2 is 1.66 bits per heavy atom. The number of Topliss-reactive ketones (excluding diaryl/α,β-unsaturated/α-hetero) is 1. The van der Waals surface area contributed by atoms with Crippen LogP contribution in [-0.4, -0.2) is 16.0 Å². The lowest BCUT2D eigenvalue weighted by molar-refractivity contribution is -0.113. The van der Waals surface area contributed by atoms with Gasteiger partial charge in [-0.2, -0.15) is 0 Å². The first-order valence-electron chi connectivity index (χ1n) is 10.1. The lowest BCUT2D eigenvalue weighted by Gasteiger charge is -2.14. The van der Waals surface area contributed by atoms with Crippen molar-refractivity contribution in [2.24, 2.45) is 0 Å². The number of thiocarbonyl (C=S) groups is 1. The van der Waals surface area contributed by atoms with Crippen LogP contribution in [0.15, 0.2) is 77.7 Å². The zero-order valence-corrected chi connectivity index (χ0v) is 19.3. The quantitative estimate of drug-likeness (QED) is 0.250. The van der Waals surface area contributed by atoms with Crippen molar-refractivity contribution in [1.82, 2.24) is 0 Å². The molecule has 3 aromatic carbocycles. The summed E-state index contributed by atoms with van der Waals surface area (Å²) in [6, 6.07) is 22.7. The van der Waals surface area contributed by atoms with Gasteiger partial charge in [0.15, 0.2) is 10.1 Å². The number of benzene rings is 3. The first-order chi connectivity index (χ1) is 15.4. The number of carbonyl (C=O) groups excluding carboxylic acids is 2. The van der Waals surface area contributed by atoms with E-state index in [9.17, 15) is 9.59 Å². The second-order valence-electron chi connectivity index (χ2n) is 7.46. The number of hydrogen-bond acceptors (Lipinski definition) is 5. The Balaban J connectivity index is 1.44. The summed E-state index contributed by atoms with van der Waals surface area (Å²) >= 11 is 6.69. The molecule has 160 valence electrons. The fourth-order valence-electron chi connectivity index (χ4n) is 3.20. The summed E-state index contributed by atoms with van der Waals surface area (Å²) in [5, 5.41) is 0. The van der Waals surface area contributed by atoms with Gasteiger partial charge in [-0.3, -0.25) is 14.5 Å². The monoisotopic (exact) mass is 459 g/mol. The number of anilines is 1. The van der Waals surface area contributed by atoms with Crippen molar-refractivity contribution in [3.05, 3.63) is 100.0 Å². The number of aryl methyl sites for hydroxylation is 1. The lowest BCUT2D eigenvalue weighted by atomic mass is 10.1. The average molecular weight is 460 g/mol. The smallest absolute Gasteiger partial charge is 0.270 e. The standard InChI is InChI=1S/C26H21NO3S2/c1-17-3-5-20(6-4-17)16-30-23-13-7-19(8-14-23)15-24-25(29)27(26(31)32-24)22-11-9-21(10-12-22)18(2)28/h3-15H,16H2,1-2H3. The Morgan fingerprint density at radius 1 is 1.00 bits per heavy atom. The number of rotatable bonds is 6. The minimum absolute atomic E-state index is 0.0203. The maximum atomic E-state index is 12.9. The van der Waals surface area contributed by atoms with E-state index in [1.807, 2.05) is 30.3 Å². The second-order valence-corrected chi connectivity index (χ2v) is 9.14. The summed E-state index contributed by atoms with van der Waals surface area (Å²) in [5.41, 5.74) is 4.47. The SMILES string of the molecule is CC(=O)c1ccc(N2C(=O)C(=Cc3ccc(OCc4ccc(C)cc4)cc3)SC2=S)cc1. The van der Waals surface area contributed by atoms with Crippen molar-refractivity contribution >= 4 is 51.8 Å². The van der Waals surface area contributed by atoms with Crippen LogP contribution >= 0.6 is 24.0 Å². The van der Waals surface area contributed by atoms with Gasteiger partial charge in [-0.15, -0.1) is 0 Å². The van der Waals surface area contributed by atoms with Gasteiger partial charge < -0.3 is 4.74 Å². The van der Waals surface area contributed by atoms with Crippen molar-refractivity contribution in [3.8, 4) is 5.75 Å². The Hall–Kier alpha value is -3.22. The molecule has 1 amide bonds. The molecule has 32 heavy (non-hydrogen) atoms. The topological polar surface area (TPSA) is 46.6 Å². The molecule has 0 unspecified atom stereocenters. The molecule has 4 nitrogen and oxygen atoms in total. The predicted octanol–water partition coefficient (Wildman–Crippen LogP) is 6.18. The van der Waals surface area contributed by atoms with E-state index in [4.69, 9.17) is 17.0 Å². The van der Waals surface area contributed by atoms with Crippen LogP contribution in [0.3, 0.4) is 0 Å². The first-order valence-corrected chi connectivity index (χ1v) is 11.3. The molecule has 0 radical (unpaired) electrons. The lowest BCUT2D eigenvalue weighted by Crippen LogP contribution is -2.27. The molecule has 0 saturated carbocycles. The van der Waals surface area contributed by atoms with Crippen LogP contribution in [0.1, 0.15) is 34.0 Å². The minimum Gasteiger partial charge on any atom is -0.489 e. The number of thioether (sulfide) groups is 1. The summed E-state index contributed by atoms with van der Waals surface area (Å²) in [6.45, 7) is 4.07. The van der Waals surface area contributed by atoms with Gasteiger partial charge in [-0.25, -0.2) is 0 Å². The Kier molecular flexibility index (Phi) is 6.53. The molecule has 0 aromatic heterocycles. The zero-order chi connectivity index (χ0) is 22.7. The third-order valence-electron chi connectivity index (χ3n) is 5.03. The van der Waals surface area contributed by atoms with Crippen molar-refractivity contribution in [2.45, 2.75) is 20.5 Å². The zero-order valence-electron chi connectivity index (χ0n) is 17.7. The summed E-state index contributed by atoms with van der Waals surface area (Å²) in [4.78, 5) is 26.5. The van der Waals surface area contributed by atoms with E-state index >= 15 is 0 Å². The van der Waals surface area contributed by atoms with E-state index in [-0.39, 0.29) is 11.7 Å². The molecule has 1 saturated heterocycles. The molecule has 1 fully saturated rings. The maximum Gasteiger partial charge on any atom is 0.270 e. The van der Waals surface area contributed by atoms with Crippen LogP contribution in [0, 0.1) is 6.92 Å². The minimum atomic E-state index is -0.171. The van der Waals surface area contributed by atoms with Gasteiger partial charge in [-0.05, 0) is 67.4 Å². The van der Waals surface area contributed by atoms with Gasteiger partial charge in [0.1, 0.15) is 12.4 Å². The number of carbonyl (C=O) groups is 2. The summed E-state index contributed by atoms with van der Waals surface area (Å²) < 4.78 is 6.32. The number of amides is 1. The summed E-state index contributed by atoms with van der Waals surface area (Å²) in [6.07, 6.45) is 1.83. The second kappa shape index (κ2) is 9.51. The van der Waals surface area contributed by atoms with Gasteiger partial charge in [-0.1, -0.05) is 65.9 Å². The highest BCUT2D eigenvalue weighted by atomic mass is 32.2. The molecule has 1 aliphatic rings. The molecule has 0 spiro atoms. The van der Waals surface area contributed by atoms with Gasteiger partial charge in [0.05, 0.1) is 10.6 Å². The van der Waals surface area contributed by atoms with Crippen LogP contribution < -0.4 is 9.64 Å². The van der Waals surface area contributed by atoms with E-state index < -0.39 is 0 Å². The van der Waals surface area contributed by atoms with Crippen LogP contribution in [-0.2, 0) is 11.4 Å². The molecule has 0 atom stereocenters. The summed E-state index contributed by atoms with van der Waals surface area (Å²) in [7, 11) is 0. The van der Waals surface area contributed by atoms with E-state index in [0.717, 1.165) is 16.9 Å². The highest BCUT2D eigenvalue weighted by Crippen LogP contribution is 2.36. The van der Waals surface area contributed by atoms with Crippen LogP contribution in [0.4, 0.5) is 5.69 Å². The molecular formula is C26H21NO3S2. The van der Waals surface area contributed by atoms with Gasteiger partial charge >= 0.3 is 0 Å². The molecule has 6 heteroatoms. The largest absolute Gasteiger partial charge is 0.489 e. The Bertz CT molecular complexity index is 1200. The highest BCUT2D eigenvalue weighted by molar-refractivity contribution is 8.27. The molecular weight excluding hydrogens is 438 g/mol. The normalized spacial score (nSPS) is 14.8. The van der Waals surface area contributed by atoms with E-state index in [0.29, 0.717) is 27.1 Å². The number of nitrogens with zero attached hydrogens (tertiary/aromatic N) is 1. The van der Waals surface area contributed by atoms with E-state index in [1.165, 1.54) is 29.1 Å². The van der Waals surface area contributed by atoms with Crippen LogP contribution in [0.5, 0.6) is 5.75 Å². The van der Waals surface area contributed by atoms with E-state index in [2.05, 4.69) is 31.2 Å². The van der Waals surface area contributed by atoms with Crippen molar-refractivity contribution in [2.75, 3.05) is 4.90 Å². The maximum absolute atomic E-state index is 12.9. The van der Waals surface area contributed by atoms with Crippen molar-refractivity contribution < 1.29 is 14.3 Å². The van der Waals surface area contributed by atoms with Crippen molar-refractivity contribution in [3.63, 3.8) is 0 Å². The average Bonchev–Trinajstić information content (AvgIpc) is 3.07. The van der Waals surface area contributed by atoms with Crippen LogP contribution in [0.2, 0.25) is 0 Å². The third kappa shape index (κ3) is 4.98. The number of ketones is 1. The molecule has 0 bridgehead atoms. The highest BCUT2D eigenvalue weighted by Gasteiger charge is 2.33. The van der Waals surface area contributed by atoms with Crippen LogP contribution in [0.25, 0.3) is 6.08 Å².